The number of nitrogens with zero attached hydrogens (tertiary/aromatic N) is 2. The molecule has 2 amide bonds. The van der Waals surface area contributed by atoms with Crippen LogP contribution >= 0.6 is 11.6 Å². The molecule has 6 rings (SSSR count). The molecule has 0 unspecified atom stereocenters. The van der Waals surface area contributed by atoms with Crippen LogP contribution < -0.4 is 14.4 Å². The van der Waals surface area contributed by atoms with Crippen molar-refractivity contribution in [2.24, 2.45) is 17.8 Å². The number of hydrogen-bond acceptors (Lipinski definition) is 7. The van der Waals surface area contributed by atoms with E-state index in [0.717, 1.165) is 42.8 Å². The highest BCUT2D eigenvalue weighted by molar-refractivity contribution is 7.90. The van der Waals surface area contributed by atoms with Crippen LogP contribution in [0.3, 0.4) is 0 Å². The number of nitrogens with one attached hydrogen (secondary N) is 1. The molecule has 2 aromatic carbocycles. The lowest BCUT2D eigenvalue weighted by atomic mass is 9.62. The molecule has 260 valence electrons. The lowest BCUT2D eigenvalue weighted by Gasteiger charge is -2.50. The summed E-state index contributed by atoms with van der Waals surface area (Å²) in [5.41, 5.74) is 2.33. The zero-order chi connectivity index (χ0) is 34.4. The van der Waals surface area contributed by atoms with Crippen LogP contribution in [0.15, 0.2) is 48.6 Å². The van der Waals surface area contributed by atoms with E-state index in [9.17, 15) is 18.0 Å². The van der Waals surface area contributed by atoms with Gasteiger partial charge in [-0.25, -0.2) is 13.1 Å². The zero-order valence-electron chi connectivity index (χ0n) is 28.6. The van der Waals surface area contributed by atoms with Crippen LogP contribution in [0.1, 0.15) is 73.9 Å². The fourth-order valence-electron chi connectivity index (χ4n) is 8.23. The quantitative estimate of drug-likeness (QED) is 0.408. The fraction of sp³-hybridized carbons (Fsp3) is 0.568. The van der Waals surface area contributed by atoms with Crippen molar-refractivity contribution in [1.29, 1.82) is 0 Å². The molecule has 0 radical (unpaired) electrons. The summed E-state index contributed by atoms with van der Waals surface area (Å²) in [7, 11) is 1.20. The third-order valence-corrected chi connectivity index (χ3v) is 13.7. The number of methoxy groups -OCH3 is 1. The number of ether oxygens (including phenoxy) is 2. The van der Waals surface area contributed by atoms with Crippen molar-refractivity contribution in [3.8, 4) is 5.75 Å². The van der Waals surface area contributed by atoms with E-state index in [1.54, 1.807) is 51.2 Å². The van der Waals surface area contributed by atoms with E-state index in [0.29, 0.717) is 31.9 Å². The normalized spacial score (nSPS) is 32.0. The third kappa shape index (κ3) is 6.48. The minimum Gasteiger partial charge on any atom is -0.490 e. The highest BCUT2D eigenvalue weighted by Crippen LogP contribution is 2.50. The molecule has 2 bridgehead atoms. The molecular formula is C37H48ClN3O6S. The van der Waals surface area contributed by atoms with Gasteiger partial charge in [-0.15, -0.1) is 0 Å². The number of carbonyl (C=O) groups is 2. The van der Waals surface area contributed by atoms with Gasteiger partial charge in [0.05, 0.1) is 29.6 Å². The molecular weight excluding hydrogens is 650 g/mol. The Labute approximate surface area is 290 Å². The molecule has 0 saturated heterocycles. The van der Waals surface area contributed by atoms with Crippen molar-refractivity contribution in [2.75, 3.05) is 45.8 Å². The van der Waals surface area contributed by atoms with Gasteiger partial charge in [0.15, 0.2) is 0 Å². The Bertz CT molecular complexity index is 1710. The average Bonchev–Trinajstić information content (AvgIpc) is 3.18. The number of carbonyl (C=O) groups excluding carboxylic acids is 2. The Kier molecular flexibility index (Phi) is 9.65. The van der Waals surface area contributed by atoms with Crippen LogP contribution in [0.5, 0.6) is 5.75 Å². The molecule has 2 aliphatic carbocycles. The largest absolute Gasteiger partial charge is 0.490 e. The van der Waals surface area contributed by atoms with Crippen LogP contribution in [0, 0.1) is 17.8 Å². The molecule has 4 aliphatic rings. The first-order valence-electron chi connectivity index (χ1n) is 17.1. The van der Waals surface area contributed by atoms with Crippen LogP contribution in [-0.4, -0.2) is 76.9 Å². The number of halogens is 1. The number of hydrogen-bond donors (Lipinski definition) is 1. The van der Waals surface area contributed by atoms with Crippen molar-refractivity contribution >= 4 is 39.1 Å². The van der Waals surface area contributed by atoms with Crippen LogP contribution in [0.4, 0.5) is 5.69 Å². The Morgan fingerprint density at radius 1 is 1.17 bits per heavy atom. The second-order valence-corrected chi connectivity index (χ2v) is 17.1. The van der Waals surface area contributed by atoms with E-state index in [2.05, 4.69) is 21.8 Å². The number of anilines is 1. The Balaban J connectivity index is 1.47. The molecule has 1 N–H and O–H groups in total. The lowest BCUT2D eigenvalue weighted by molar-refractivity contribution is -0.140. The second kappa shape index (κ2) is 13.3. The predicted octanol–water partition coefficient (Wildman–Crippen LogP) is 5.75. The van der Waals surface area contributed by atoms with Crippen LogP contribution in [0.25, 0.3) is 0 Å². The van der Waals surface area contributed by atoms with Gasteiger partial charge in [0.25, 0.3) is 5.91 Å². The molecule has 6 atom stereocenters. The van der Waals surface area contributed by atoms with Crippen molar-refractivity contribution in [3.05, 3.63) is 70.3 Å². The number of aryl methyl sites for hydroxylation is 1. The highest BCUT2D eigenvalue weighted by atomic mass is 35.5. The summed E-state index contributed by atoms with van der Waals surface area (Å²) in [5, 5.41) is -0.118. The summed E-state index contributed by atoms with van der Waals surface area (Å²) in [5.74, 6) is -0.0633. The molecule has 0 aromatic heterocycles. The van der Waals surface area contributed by atoms with Gasteiger partial charge in [0, 0.05) is 50.3 Å². The number of amides is 2. The number of allylic oxidation sites excluding steroid dienone is 1. The molecule has 11 heteroatoms. The molecule has 1 saturated carbocycles. The van der Waals surface area contributed by atoms with E-state index in [-0.39, 0.29) is 41.1 Å². The van der Waals surface area contributed by atoms with Gasteiger partial charge in [-0.05, 0) is 105 Å². The number of sulfonamides is 1. The summed E-state index contributed by atoms with van der Waals surface area (Å²) in [6.45, 7) is 5.27. The van der Waals surface area contributed by atoms with E-state index < -0.39 is 26.8 Å². The van der Waals surface area contributed by atoms with Crippen molar-refractivity contribution in [3.63, 3.8) is 0 Å². The molecule has 1 spiro atoms. The first-order valence-corrected chi connectivity index (χ1v) is 19.0. The zero-order valence-corrected chi connectivity index (χ0v) is 30.2. The molecule has 1 fully saturated rings. The SMILES string of the molecule is CO[C@]1(CC(=O)N(C)C)/C=C/C[C@H](C)[C@@H](C)S(=O)(=O)NC(=O)c2ccc3c(c2)N(C[C@@H]2CC[C@H]21)C[C@@]1(CCCc2cc(Cl)ccc21)CO3. The first kappa shape index (κ1) is 34.8. The van der Waals surface area contributed by atoms with E-state index >= 15 is 0 Å². The van der Waals surface area contributed by atoms with Gasteiger partial charge < -0.3 is 19.3 Å². The Morgan fingerprint density at radius 2 is 1.96 bits per heavy atom. The topological polar surface area (TPSA) is 105 Å². The molecule has 9 nitrogen and oxygen atoms in total. The van der Waals surface area contributed by atoms with Crippen molar-refractivity contribution < 1.29 is 27.5 Å². The maximum Gasteiger partial charge on any atom is 0.264 e. The van der Waals surface area contributed by atoms with E-state index in [1.807, 2.05) is 25.1 Å². The summed E-state index contributed by atoms with van der Waals surface area (Å²) < 4.78 is 42.2. The Morgan fingerprint density at radius 3 is 2.67 bits per heavy atom. The molecule has 48 heavy (non-hydrogen) atoms. The number of fused-ring (bicyclic) bond motifs is 4. The van der Waals surface area contributed by atoms with Gasteiger partial charge in [-0.3, -0.25) is 9.59 Å². The highest BCUT2D eigenvalue weighted by Gasteiger charge is 2.50. The van der Waals surface area contributed by atoms with Gasteiger partial charge in [0.1, 0.15) is 5.75 Å². The van der Waals surface area contributed by atoms with Gasteiger partial charge in [0.2, 0.25) is 15.9 Å². The molecule has 2 aliphatic heterocycles. The summed E-state index contributed by atoms with van der Waals surface area (Å²) in [6, 6.07) is 11.4. The summed E-state index contributed by atoms with van der Waals surface area (Å²) in [4.78, 5) is 30.7. The molecule has 2 aromatic rings. The number of rotatable bonds is 3. The monoisotopic (exact) mass is 697 g/mol. The average molecular weight is 698 g/mol. The minimum absolute atomic E-state index is 0.0251. The lowest BCUT2D eigenvalue weighted by Crippen LogP contribution is -2.54. The third-order valence-electron chi connectivity index (χ3n) is 11.5. The molecule has 2 heterocycles. The van der Waals surface area contributed by atoms with E-state index in [1.165, 1.54) is 11.1 Å². The van der Waals surface area contributed by atoms with Crippen LogP contribution in [-0.2, 0) is 31.4 Å². The Hall–Kier alpha value is -3.08. The summed E-state index contributed by atoms with van der Waals surface area (Å²) >= 11 is 6.44. The predicted molar refractivity (Wildman–Crippen MR) is 188 cm³/mol. The second-order valence-electron chi connectivity index (χ2n) is 14.7. The maximum absolute atomic E-state index is 13.5. The first-order chi connectivity index (χ1) is 22.8. The van der Waals surface area contributed by atoms with Gasteiger partial charge in [-0.1, -0.05) is 36.7 Å². The van der Waals surface area contributed by atoms with Gasteiger partial charge in [-0.2, -0.15) is 0 Å². The maximum atomic E-state index is 13.5. The number of benzene rings is 2. The summed E-state index contributed by atoms with van der Waals surface area (Å²) in [6.07, 6.45) is 9.36. The van der Waals surface area contributed by atoms with Gasteiger partial charge >= 0.3 is 0 Å². The van der Waals surface area contributed by atoms with Crippen molar-refractivity contribution in [2.45, 2.75) is 75.1 Å². The van der Waals surface area contributed by atoms with Crippen molar-refractivity contribution in [1.82, 2.24) is 9.62 Å². The van der Waals surface area contributed by atoms with Crippen LogP contribution in [0.2, 0.25) is 5.02 Å². The smallest absolute Gasteiger partial charge is 0.264 e. The fourth-order valence-corrected chi connectivity index (χ4v) is 9.71. The van der Waals surface area contributed by atoms with E-state index in [4.69, 9.17) is 21.1 Å². The standard InChI is InChI=1S/C37H48ClN3O6S/c1-24-8-6-17-37(46-5,20-34(42)40(3)4)31-13-10-28(31)21-41-22-36(16-7-9-26-18-29(38)12-14-30(26)36)23-47-33-15-11-27(19-32(33)41)35(43)39-48(44,45)25(24)2/h6,11-12,14-15,17-19,24-25,28,31H,7-10,13,16,20-23H2,1-5H3,(H,39,43)/b17-6+/t24-,25+,28-,31+,36-,37-/m0/s1. The minimum atomic E-state index is -3.99.